The first-order valence-electron chi connectivity index (χ1n) is 11.5. The van der Waals surface area contributed by atoms with Gasteiger partial charge in [0.05, 0.1) is 10.6 Å². The van der Waals surface area contributed by atoms with Crippen LogP contribution in [-0.4, -0.2) is 33.4 Å². The van der Waals surface area contributed by atoms with Crippen LogP contribution >= 0.6 is 0 Å². The lowest BCUT2D eigenvalue weighted by Gasteiger charge is -2.10. The van der Waals surface area contributed by atoms with Gasteiger partial charge in [0.2, 0.25) is 0 Å². The second-order valence-corrected chi connectivity index (χ2v) is 10.3. The number of nitrogens with one attached hydrogen (secondary N) is 2. The van der Waals surface area contributed by atoms with Crippen molar-refractivity contribution in [2.24, 2.45) is 0 Å². The van der Waals surface area contributed by atoms with Crippen LogP contribution in [0.5, 0.6) is 0 Å². The molecule has 0 spiro atoms. The highest BCUT2D eigenvalue weighted by Crippen LogP contribution is 2.24. The minimum absolute atomic E-state index is 0.145. The maximum atomic E-state index is 12.8. The molecule has 5 aromatic rings. The summed E-state index contributed by atoms with van der Waals surface area (Å²) in [7, 11) is -3.76. The number of sulfonamides is 1. The molecule has 0 fully saturated rings. The Hall–Kier alpha value is -4.51. The Bertz CT molecular complexity index is 1660. The lowest BCUT2D eigenvalue weighted by molar-refractivity contribution is 0.521. The fourth-order valence-electron chi connectivity index (χ4n) is 3.73. The van der Waals surface area contributed by atoms with Crippen molar-refractivity contribution in [2.45, 2.75) is 32.6 Å². The zero-order valence-corrected chi connectivity index (χ0v) is 21.5. The minimum atomic E-state index is -3.76. The quantitative estimate of drug-likeness (QED) is 0.307. The van der Waals surface area contributed by atoms with E-state index in [2.05, 4.69) is 30.3 Å². The molecule has 0 amide bonds. The molecule has 3 heterocycles. The van der Waals surface area contributed by atoms with E-state index in [-0.39, 0.29) is 4.90 Å². The van der Waals surface area contributed by atoms with Crippen LogP contribution in [0.4, 0.5) is 17.2 Å². The van der Waals surface area contributed by atoms with Crippen LogP contribution in [-0.2, 0) is 10.0 Å². The van der Waals surface area contributed by atoms with E-state index >= 15 is 0 Å². The SMILES string of the molecule is Cc1nc(-c2ccc(S(=O)(=O)Nc3ccc(Nc4ccc(-n5nc(C)c(C)c5C)nn4)cc3)cc2)co1. The average Bonchev–Trinajstić information content (AvgIpc) is 3.44. The summed E-state index contributed by atoms with van der Waals surface area (Å²) in [6, 6.07) is 17.0. The number of rotatable bonds is 7. The van der Waals surface area contributed by atoms with Gasteiger partial charge in [-0.3, -0.25) is 4.72 Å². The number of anilines is 3. The lowest BCUT2D eigenvalue weighted by atomic mass is 10.2. The standard InChI is InChI=1S/C26H25N7O3S/c1-16-17(2)31-33(18(16)3)26-14-13-25(29-30-26)28-21-7-9-22(10-8-21)32-37(34,35)23-11-5-20(6-12-23)24-15-36-19(4)27-24/h5-15,32H,1-4H3,(H,28,29). The molecule has 0 aliphatic heterocycles. The van der Waals surface area contributed by atoms with Crippen molar-refractivity contribution in [3.05, 3.63) is 89.8 Å². The van der Waals surface area contributed by atoms with Gasteiger partial charge < -0.3 is 9.73 Å². The molecule has 2 aromatic carbocycles. The highest BCUT2D eigenvalue weighted by molar-refractivity contribution is 7.92. The van der Waals surface area contributed by atoms with Gasteiger partial charge in [-0.15, -0.1) is 10.2 Å². The monoisotopic (exact) mass is 515 g/mol. The van der Waals surface area contributed by atoms with Gasteiger partial charge in [-0.1, -0.05) is 12.1 Å². The third-order valence-corrected chi connectivity index (χ3v) is 7.41. The third kappa shape index (κ3) is 5.07. The second kappa shape index (κ2) is 9.51. The molecular formula is C26H25N7O3S. The summed E-state index contributed by atoms with van der Waals surface area (Å²) in [4.78, 5) is 4.40. The van der Waals surface area contributed by atoms with Crippen molar-refractivity contribution in [1.82, 2.24) is 25.0 Å². The molecule has 188 valence electrons. The van der Waals surface area contributed by atoms with Crippen molar-refractivity contribution < 1.29 is 12.8 Å². The van der Waals surface area contributed by atoms with Crippen molar-refractivity contribution in [3.63, 3.8) is 0 Å². The van der Waals surface area contributed by atoms with Gasteiger partial charge in [-0.25, -0.2) is 18.1 Å². The van der Waals surface area contributed by atoms with Crippen LogP contribution in [0, 0.1) is 27.7 Å². The number of hydrogen-bond acceptors (Lipinski definition) is 8. The van der Waals surface area contributed by atoms with Crippen LogP contribution in [0.2, 0.25) is 0 Å². The Morgan fingerprint density at radius 1 is 0.838 bits per heavy atom. The summed E-state index contributed by atoms with van der Waals surface area (Å²) in [6.45, 7) is 7.73. The van der Waals surface area contributed by atoms with E-state index in [1.54, 1.807) is 48.0 Å². The molecule has 0 unspecified atom stereocenters. The van der Waals surface area contributed by atoms with E-state index in [1.165, 1.54) is 18.4 Å². The molecule has 3 aromatic heterocycles. The predicted octanol–water partition coefficient (Wildman–Crippen LogP) is 5.10. The Labute approximate surface area is 214 Å². The summed E-state index contributed by atoms with van der Waals surface area (Å²) < 4.78 is 35.3. The van der Waals surface area contributed by atoms with Gasteiger partial charge in [0.15, 0.2) is 17.5 Å². The summed E-state index contributed by atoms with van der Waals surface area (Å²) >= 11 is 0. The molecule has 0 saturated carbocycles. The normalized spacial score (nSPS) is 11.5. The van der Waals surface area contributed by atoms with E-state index in [9.17, 15) is 8.42 Å². The predicted molar refractivity (Wildman–Crippen MR) is 141 cm³/mol. The number of nitrogens with zero attached hydrogens (tertiary/aromatic N) is 5. The number of hydrogen-bond donors (Lipinski definition) is 2. The molecule has 0 aliphatic rings. The number of oxazole rings is 1. The van der Waals surface area contributed by atoms with Crippen LogP contribution in [0.3, 0.4) is 0 Å². The molecule has 10 nitrogen and oxygen atoms in total. The Balaban J connectivity index is 1.24. The van der Waals surface area contributed by atoms with Gasteiger partial charge in [0.25, 0.3) is 10.0 Å². The van der Waals surface area contributed by atoms with Crippen molar-refractivity contribution in [1.29, 1.82) is 0 Å². The van der Waals surface area contributed by atoms with Gasteiger partial charge in [0, 0.05) is 29.6 Å². The van der Waals surface area contributed by atoms with E-state index < -0.39 is 10.0 Å². The number of aromatic nitrogens is 5. The summed E-state index contributed by atoms with van der Waals surface area (Å²) in [5.41, 5.74) is 5.69. The third-order valence-electron chi connectivity index (χ3n) is 6.01. The Kier molecular flexibility index (Phi) is 6.22. The lowest BCUT2D eigenvalue weighted by Crippen LogP contribution is -2.12. The van der Waals surface area contributed by atoms with E-state index in [0.29, 0.717) is 28.9 Å². The van der Waals surface area contributed by atoms with Gasteiger partial charge in [0.1, 0.15) is 12.0 Å². The van der Waals surface area contributed by atoms with Crippen LogP contribution in [0.1, 0.15) is 22.8 Å². The smallest absolute Gasteiger partial charge is 0.261 e. The zero-order chi connectivity index (χ0) is 26.2. The van der Waals surface area contributed by atoms with Gasteiger partial charge in [-0.2, -0.15) is 5.10 Å². The van der Waals surface area contributed by atoms with Crippen molar-refractivity contribution >= 4 is 27.2 Å². The molecule has 2 N–H and O–H groups in total. The molecular weight excluding hydrogens is 490 g/mol. The second-order valence-electron chi connectivity index (χ2n) is 8.57. The van der Waals surface area contributed by atoms with Gasteiger partial charge in [-0.05, 0) is 74.9 Å². The molecule has 0 atom stereocenters. The van der Waals surface area contributed by atoms with Crippen LogP contribution in [0.25, 0.3) is 17.1 Å². The molecule has 0 saturated heterocycles. The van der Waals surface area contributed by atoms with Crippen molar-refractivity contribution in [2.75, 3.05) is 10.0 Å². The van der Waals surface area contributed by atoms with Crippen molar-refractivity contribution in [3.8, 4) is 17.1 Å². The highest BCUT2D eigenvalue weighted by atomic mass is 32.2. The van der Waals surface area contributed by atoms with Gasteiger partial charge >= 0.3 is 0 Å². The molecule has 5 rings (SSSR count). The first-order valence-corrected chi connectivity index (χ1v) is 13.0. The van der Waals surface area contributed by atoms with Crippen LogP contribution < -0.4 is 10.0 Å². The Morgan fingerprint density at radius 2 is 1.54 bits per heavy atom. The summed E-state index contributed by atoms with van der Waals surface area (Å²) in [6.07, 6.45) is 1.54. The summed E-state index contributed by atoms with van der Waals surface area (Å²) in [5.74, 6) is 1.73. The molecule has 11 heteroatoms. The van der Waals surface area contributed by atoms with E-state index in [0.717, 1.165) is 28.2 Å². The van der Waals surface area contributed by atoms with E-state index in [1.807, 2.05) is 32.9 Å². The fourth-order valence-corrected chi connectivity index (χ4v) is 4.79. The fraction of sp³-hybridized carbons (Fsp3) is 0.154. The van der Waals surface area contributed by atoms with Crippen LogP contribution in [0.15, 0.2) is 76.2 Å². The first kappa shape index (κ1) is 24.2. The first-order chi connectivity index (χ1) is 17.7. The van der Waals surface area contributed by atoms with E-state index in [4.69, 9.17) is 4.42 Å². The maximum Gasteiger partial charge on any atom is 0.261 e. The topological polar surface area (TPSA) is 128 Å². The minimum Gasteiger partial charge on any atom is -0.449 e. The Morgan fingerprint density at radius 3 is 2.11 bits per heavy atom. The average molecular weight is 516 g/mol. The summed E-state index contributed by atoms with van der Waals surface area (Å²) in [5, 5.41) is 16.2. The molecule has 0 bridgehead atoms. The maximum absolute atomic E-state index is 12.8. The molecule has 0 aliphatic carbocycles. The zero-order valence-electron chi connectivity index (χ0n) is 20.7. The number of benzene rings is 2. The molecule has 0 radical (unpaired) electrons. The number of aryl methyl sites for hydroxylation is 2. The highest BCUT2D eigenvalue weighted by Gasteiger charge is 2.15. The molecule has 37 heavy (non-hydrogen) atoms. The largest absolute Gasteiger partial charge is 0.449 e.